The first-order chi connectivity index (χ1) is 13.4. The van der Waals surface area contributed by atoms with Gasteiger partial charge in [0.2, 0.25) is 0 Å². The van der Waals surface area contributed by atoms with Crippen molar-refractivity contribution < 1.29 is 19.4 Å². The maximum absolute atomic E-state index is 12.9. The Morgan fingerprint density at radius 3 is 2.54 bits per heavy atom. The molecule has 1 unspecified atom stereocenters. The Morgan fingerprint density at radius 1 is 1.21 bits per heavy atom. The van der Waals surface area contributed by atoms with Crippen LogP contribution in [0.2, 0.25) is 0 Å². The number of Topliss-reactive ketones (excluding diaryl/α,β-unsaturated/α-hetero) is 1. The van der Waals surface area contributed by atoms with Gasteiger partial charge in [0.15, 0.2) is 0 Å². The average Bonchev–Trinajstić information content (AvgIpc) is 2.93. The fourth-order valence-electron chi connectivity index (χ4n) is 3.54. The van der Waals surface area contributed by atoms with Crippen LogP contribution < -0.4 is 4.74 Å². The van der Waals surface area contributed by atoms with Crippen LogP contribution >= 0.6 is 15.9 Å². The molecule has 0 bridgehead atoms. The molecular formula is C22H22BrNO4. The van der Waals surface area contributed by atoms with Gasteiger partial charge in [-0.15, -0.1) is 0 Å². The van der Waals surface area contributed by atoms with E-state index in [1.165, 1.54) is 0 Å². The van der Waals surface area contributed by atoms with Crippen LogP contribution in [0.4, 0.5) is 0 Å². The van der Waals surface area contributed by atoms with Crippen LogP contribution in [-0.2, 0) is 9.59 Å². The number of nitrogens with zero attached hydrogens (tertiary/aromatic N) is 1. The number of carbonyl (C=O) groups excluding carboxylic acids is 2. The molecule has 3 rings (SSSR count). The summed E-state index contributed by atoms with van der Waals surface area (Å²) in [4.78, 5) is 27.1. The highest BCUT2D eigenvalue weighted by Gasteiger charge is 2.46. The van der Waals surface area contributed by atoms with E-state index >= 15 is 0 Å². The lowest BCUT2D eigenvalue weighted by molar-refractivity contribution is -0.139. The molecule has 6 heteroatoms. The summed E-state index contributed by atoms with van der Waals surface area (Å²) in [6.07, 6.45) is 0.712. The van der Waals surface area contributed by atoms with Crippen LogP contribution in [0.15, 0.2) is 52.5 Å². The van der Waals surface area contributed by atoms with Gasteiger partial charge < -0.3 is 14.7 Å². The molecule has 1 aliphatic rings. The quantitative estimate of drug-likeness (QED) is 0.416. The highest BCUT2D eigenvalue weighted by Crippen LogP contribution is 2.41. The Labute approximate surface area is 172 Å². The molecule has 1 atom stereocenters. The Hall–Kier alpha value is -2.60. The van der Waals surface area contributed by atoms with Crippen LogP contribution in [0, 0.1) is 6.92 Å². The first kappa shape index (κ1) is 20.1. The Bertz CT molecular complexity index is 967. The van der Waals surface area contributed by atoms with Gasteiger partial charge in [0.1, 0.15) is 11.5 Å². The fraction of sp³-hybridized carbons (Fsp3) is 0.273. The highest BCUT2D eigenvalue weighted by atomic mass is 79.9. The molecule has 1 aliphatic heterocycles. The van der Waals surface area contributed by atoms with E-state index < -0.39 is 17.7 Å². The first-order valence-electron chi connectivity index (χ1n) is 9.08. The van der Waals surface area contributed by atoms with Crippen molar-refractivity contribution in [1.82, 2.24) is 4.90 Å². The molecule has 1 fully saturated rings. The van der Waals surface area contributed by atoms with Crippen molar-refractivity contribution in [2.24, 2.45) is 0 Å². The average molecular weight is 444 g/mol. The molecule has 5 nitrogen and oxygen atoms in total. The van der Waals surface area contributed by atoms with Crippen molar-refractivity contribution in [3.63, 3.8) is 0 Å². The lowest BCUT2D eigenvalue weighted by Gasteiger charge is -2.26. The number of benzene rings is 2. The number of hydrogen-bond donors (Lipinski definition) is 1. The second kappa shape index (κ2) is 8.19. The largest absolute Gasteiger partial charge is 0.507 e. The minimum atomic E-state index is -0.661. The number of hydrogen-bond acceptors (Lipinski definition) is 4. The molecule has 28 heavy (non-hydrogen) atoms. The summed E-state index contributed by atoms with van der Waals surface area (Å²) >= 11 is 3.40. The second-order valence-electron chi connectivity index (χ2n) is 6.70. The summed E-state index contributed by atoms with van der Waals surface area (Å²) in [6, 6.07) is 12.0. The molecule has 0 aliphatic carbocycles. The van der Waals surface area contributed by atoms with Crippen LogP contribution in [-0.4, -0.2) is 35.4 Å². The summed E-state index contributed by atoms with van der Waals surface area (Å²) in [7, 11) is 1.55. The molecule has 1 heterocycles. The van der Waals surface area contributed by atoms with Crippen LogP contribution in [0.1, 0.15) is 36.1 Å². The van der Waals surface area contributed by atoms with E-state index in [1.54, 1.807) is 30.2 Å². The molecule has 1 N–H and O–H groups in total. The lowest BCUT2D eigenvalue weighted by Crippen LogP contribution is -2.30. The van der Waals surface area contributed by atoms with Gasteiger partial charge in [0.05, 0.1) is 23.2 Å². The van der Waals surface area contributed by atoms with Gasteiger partial charge in [-0.2, -0.15) is 0 Å². The van der Waals surface area contributed by atoms with Crippen LogP contribution in [0.5, 0.6) is 5.75 Å². The number of aliphatic hydroxyl groups is 1. The van der Waals surface area contributed by atoms with Crippen LogP contribution in [0.3, 0.4) is 0 Å². The summed E-state index contributed by atoms with van der Waals surface area (Å²) in [5.74, 6) is -0.817. The van der Waals surface area contributed by atoms with Gasteiger partial charge >= 0.3 is 0 Å². The fourth-order valence-corrected chi connectivity index (χ4v) is 4.08. The minimum Gasteiger partial charge on any atom is -0.507 e. The predicted molar refractivity (Wildman–Crippen MR) is 111 cm³/mol. The van der Waals surface area contributed by atoms with E-state index in [9.17, 15) is 14.7 Å². The van der Waals surface area contributed by atoms with Gasteiger partial charge in [-0.3, -0.25) is 9.59 Å². The number of likely N-dealkylation sites (tertiary alicyclic amines) is 1. The van der Waals surface area contributed by atoms with Crippen molar-refractivity contribution in [2.75, 3.05) is 13.7 Å². The second-order valence-corrected chi connectivity index (χ2v) is 7.55. The van der Waals surface area contributed by atoms with E-state index in [-0.39, 0.29) is 11.3 Å². The van der Waals surface area contributed by atoms with Crippen molar-refractivity contribution in [3.05, 3.63) is 69.2 Å². The van der Waals surface area contributed by atoms with Gasteiger partial charge in [-0.25, -0.2) is 0 Å². The third-order valence-corrected chi connectivity index (χ3v) is 5.53. The predicted octanol–water partition coefficient (Wildman–Crippen LogP) is 4.60. The molecule has 0 saturated carbocycles. The highest BCUT2D eigenvalue weighted by molar-refractivity contribution is 9.10. The maximum atomic E-state index is 12.9. The standard InChI is InChI=1S/C22H22BrNO4/c1-4-11-24-19(15-8-6-5-7-13(15)2)18(21(26)22(24)27)20(25)14-9-10-17(28-3)16(23)12-14/h5-10,12,19,25H,4,11H2,1-3H3/b20-18+. The number of carbonyl (C=O) groups is 2. The minimum absolute atomic E-state index is 0.116. The topological polar surface area (TPSA) is 66.8 Å². The van der Waals surface area contributed by atoms with Crippen molar-refractivity contribution in [2.45, 2.75) is 26.3 Å². The molecule has 1 amide bonds. The Kier molecular flexibility index (Phi) is 5.89. The van der Waals surface area contributed by atoms with Gasteiger partial charge in [0.25, 0.3) is 11.7 Å². The first-order valence-corrected chi connectivity index (χ1v) is 9.87. The van der Waals surface area contributed by atoms with Gasteiger partial charge in [-0.05, 0) is 58.6 Å². The van der Waals surface area contributed by atoms with E-state index in [0.29, 0.717) is 28.8 Å². The van der Waals surface area contributed by atoms with Crippen LogP contribution in [0.25, 0.3) is 5.76 Å². The molecular weight excluding hydrogens is 422 g/mol. The lowest BCUT2D eigenvalue weighted by atomic mass is 9.92. The SMILES string of the molecule is CCCN1C(=O)C(=O)/C(=C(/O)c2ccc(OC)c(Br)c2)C1c1ccccc1C. The Morgan fingerprint density at radius 2 is 1.93 bits per heavy atom. The number of methoxy groups -OCH3 is 1. The molecule has 2 aromatic rings. The van der Waals surface area contributed by atoms with Gasteiger partial charge in [0, 0.05) is 12.1 Å². The Balaban J connectivity index is 2.21. The monoisotopic (exact) mass is 443 g/mol. The summed E-state index contributed by atoms with van der Waals surface area (Å²) in [6.45, 7) is 4.33. The number of ether oxygens (including phenoxy) is 1. The smallest absolute Gasteiger partial charge is 0.295 e. The molecule has 0 radical (unpaired) electrons. The molecule has 1 saturated heterocycles. The normalized spacial score (nSPS) is 18.6. The van der Waals surface area contributed by atoms with E-state index in [1.807, 2.05) is 38.1 Å². The third-order valence-electron chi connectivity index (χ3n) is 4.91. The van der Waals surface area contributed by atoms with E-state index in [0.717, 1.165) is 11.1 Å². The summed E-state index contributed by atoms with van der Waals surface area (Å²) in [5, 5.41) is 11.0. The molecule has 0 aromatic heterocycles. The van der Waals surface area contributed by atoms with Crippen molar-refractivity contribution in [3.8, 4) is 5.75 Å². The van der Waals surface area contributed by atoms with E-state index in [4.69, 9.17) is 4.74 Å². The number of ketones is 1. The summed E-state index contributed by atoms with van der Waals surface area (Å²) < 4.78 is 5.87. The van der Waals surface area contributed by atoms with E-state index in [2.05, 4.69) is 15.9 Å². The third kappa shape index (κ3) is 3.44. The van der Waals surface area contributed by atoms with Gasteiger partial charge in [-0.1, -0.05) is 31.2 Å². The number of rotatable bonds is 5. The summed E-state index contributed by atoms with van der Waals surface area (Å²) in [5.41, 5.74) is 2.35. The number of aryl methyl sites for hydroxylation is 1. The zero-order chi connectivity index (χ0) is 20.4. The van der Waals surface area contributed by atoms with Crippen molar-refractivity contribution >= 4 is 33.4 Å². The zero-order valence-electron chi connectivity index (χ0n) is 16.0. The number of amides is 1. The maximum Gasteiger partial charge on any atom is 0.295 e. The number of aliphatic hydroxyl groups excluding tert-OH is 1. The molecule has 0 spiro atoms. The molecule has 2 aromatic carbocycles. The molecule has 146 valence electrons. The number of halogens is 1. The zero-order valence-corrected chi connectivity index (χ0v) is 17.6. The van der Waals surface area contributed by atoms with Crippen molar-refractivity contribution in [1.29, 1.82) is 0 Å².